The van der Waals surface area contributed by atoms with Crippen LogP contribution >= 0.6 is 0 Å². The van der Waals surface area contributed by atoms with Crippen molar-refractivity contribution in [3.8, 4) is 5.75 Å². The maximum atomic E-state index is 10.9. The number of aromatic hydroxyl groups is 1. The summed E-state index contributed by atoms with van der Waals surface area (Å²) in [6.45, 7) is 0. The molecule has 12 heavy (non-hydrogen) atoms. The smallest absolute Gasteiger partial charge is 0.357 e. The fourth-order valence-electron chi connectivity index (χ4n) is 0.710. The van der Waals surface area contributed by atoms with Crippen LogP contribution in [0.3, 0.4) is 0 Å². The monoisotopic (exact) mass is 168 g/mol. The number of hydrazine groups is 1. The number of carbonyl (C=O) groups excluding carboxylic acids is 1. The van der Waals surface area contributed by atoms with Gasteiger partial charge in [-0.1, -0.05) is 5.59 Å². The molecule has 5 heteroatoms. The molecule has 0 bridgehead atoms. The van der Waals surface area contributed by atoms with Gasteiger partial charge >= 0.3 is 5.97 Å². The minimum absolute atomic E-state index is 0.0901. The molecule has 1 aromatic carbocycles. The molecule has 0 unspecified atom stereocenters. The van der Waals surface area contributed by atoms with E-state index in [-0.39, 0.29) is 5.75 Å². The third kappa shape index (κ3) is 1.94. The second-order valence-corrected chi connectivity index (χ2v) is 2.05. The molecule has 0 atom stereocenters. The van der Waals surface area contributed by atoms with Crippen molar-refractivity contribution < 1.29 is 14.7 Å². The van der Waals surface area contributed by atoms with E-state index in [4.69, 9.17) is 10.9 Å². The van der Waals surface area contributed by atoms with Gasteiger partial charge in [0.2, 0.25) is 0 Å². The van der Waals surface area contributed by atoms with Gasteiger partial charge < -0.3 is 9.94 Å². The van der Waals surface area contributed by atoms with Crippen LogP contribution in [0.5, 0.6) is 5.75 Å². The van der Waals surface area contributed by atoms with Crippen molar-refractivity contribution in [2.75, 3.05) is 0 Å². The topological polar surface area (TPSA) is 84.6 Å². The second-order valence-electron chi connectivity index (χ2n) is 2.05. The number of carbonyl (C=O) groups is 1. The molecular formula is C7H8N2O3. The van der Waals surface area contributed by atoms with Crippen molar-refractivity contribution in [2.24, 2.45) is 5.84 Å². The average molecular weight is 168 g/mol. The van der Waals surface area contributed by atoms with Gasteiger partial charge in [-0.3, -0.25) is 0 Å². The molecule has 0 saturated heterocycles. The van der Waals surface area contributed by atoms with Crippen LogP contribution in [-0.2, 0) is 4.84 Å². The lowest BCUT2D eigenvalue weighted by molar-refractivity contribution is 0.0254. The summed E-state index contributed by atoms with van der Waals surface area (Å²) < 4.78 is 0. The summed E-state index contributed by atoms with van der Waals surface area (Å²) in [6, 6.07) is 5.62. The Balaban J connectivity index is 2.75. The van der Waals surface area contributed by atoms with Crippen LogP contribution in [-0.4, -0.2) is 11.1 Å². The molecule has 1 aromatic rings. The Morgan fingerprint density at radius 2 is 2.00 bits per heavy atom. The van der Waals surface area contributed by atoms with E-state index in [0.29, 0.717) is 5.56 Å². The number of nitrogens with one attached hydrogen (secondary N) is 1. The highest BCUT2D eigenvalue weighted by molar-refractivity contribution is 5.89. The largest absolute Gasteiger partial charge is 0.508 e. The van der Waals surface area contributed by atoms with Crippen LogP contribution in [0.4, 0.5) is 0 Å². The van der Waals surface area contributed by atoms with Crippen molar-refractivity contribution in [1.29, 1.82) is 0 Å². The highest BCUT2D eigenvalue weighted by Gasteiger charge is 2.05. The van der Waals surface area contributed by atoms with Crippen molar-refractivity contribution in [1.82, 2.24) is 5.59 Å². The standard InChI is InChI=1S/C7H8N2O3/c8-9-12-7(11)5-1-3-6(10)4-2-5/h1-4,9-10H,8H2. The van der Waals surface area contributed by atoms with Gasteiger partial charge in [0.25, 0.3) is 0 Å². The molecule has 4 N–H and O–H groups in total. The van der Waals surface area contributed by atoms with Crippen LogP contribution in [0.1, 0.15) is 10.4 Å². The molecule has 0 saturated carbocycles. The van der Waals surface area contributed by atoms with Crippen LogP contribution in [0.2, 0.25) is 0 Å². The molecule has 0 aliphatic heterocycles. The van der Waals surface area contributed by atoms with Crippen molar-refractivity contribution >= 4 is 5.97 Å². The van der Waals surface area contributed by atoms with Gasteiger partial charge in [-0.2, -0.15) is 0 Å². The van der Waals surface area contributed by atoms with Crippen LogP contribution in [0, 0.1) is 0 Å². The molecule has 0 spiro atoms. The van der Waals surface area contributed by atoms with E-state index in [1.165, 1.54) is 24.3 Å². The zero-order valence-electron chi connectivity index (χ0n) is 6.15. The highest BCUT2D eigenvalue weighted by atomic mass is 16.7. The zero-order valence-corrected chi connectivity index (χ0v) is 6.15. The first-order valence-corrected chi connectivity index (χ1v) is 3.20. The summed E-state index contributed by atoms with van der Waals surface area (Å²) in [4.78, 5) is 15.2. The first-order chi connectivity index (χ1) is 5.74. The minimum atomic E-state index is -0.600. The van der Waals surface area contributed by atoms with Gasteiger partial charge in [0.15, 0.2) is 0 Å². The van der Waals surface area contributed by atoms with Crippen LogP contribution in [0.25, 0.3) is 0 Å². The lowest BCUT2D eigenvalue weighted by atomic mass is 10.2. The normalized spacial score (nSPS) is 9.42. The summed E-state index contributed by atoms with van der Waals surface area (Å²) in [5, 5.41) is 8.88. The van der Waals surface area contributed by atoms with Crippen LogP contribution < -0.4 is 11.4 Å². The number of benzene rings is 1. The fraction of sp³-hybridized carbons (Fsp3) is 0. The molecule has 0 radical (unpaired) electrons. The number of hydrogen-bond acceptors (Lipinski definition) is 5. The van der Waals surface area contributed by atoms with Gasteiger partial charge in [-0.05, 0) is 24.3 Å². The Morgan fingerprint density at radius 1 is 1.42 bits per heavy atom. The molecule has 0 aliphatic carbocycles. The second kappa shape index (κ2) is 3.70. The van der Waals surface area contributed by atoms with Crippen molar-refractivity contribution in [3.63, 3.8) is 0 Å². The predicted octanol–water partition coefficient (Wildman–Crippen LogP) is -0.0727. The number of hydrogen-bond donors (Lipinski definition) is 3. The van der Waals surface area contributed by atoms with Gasteiger partial charge in [-0.25, -0.2) is 10.6 Å². The fourth-order valence-corrected chi connectivity index (χ4v) is 0.710. The summed E-state index contributed by atoms with van der Waals surface area (Å²) in [5.41, 5.74) is 2.08. The Hall–Kier alpha value is -1.59. The minimum Gasteiger partial charge on any atom is -0.508 e. The van der Waals surface area contributed by atoms with Crippen LogP contribution in [0.15, 0.2) is 24.3 Å². The lowest BCUT2D eigenvalue weighted by Crippen LogP contribution is -2.26. The first-order valence-electron chi connectivity index (χ1n) is 3.20. The summed E-state index contributed by atoms with van der Waals surface area (Å²) >= 11 is 0. The zero-order chi connectivity index (χ0) is 8.97. The quantitative estimate of drug-likeness (QED) is 0.425. The molecule has 5 nitrogen and oxygen atoms in total. The molecule has 0 aromatic heterocycles. The van der Waals surface area contributed by atoms with E-state index < -0.39 is 5.97 Å². The SMILES string of the molecule is NNOC(=O)c1ccc(O)cc1. The summed E-state index contributed by atoms with van der Waals surface area (Å²) in [7, 11) is 0. The van der Waals surface area contributed by atoms with E-state index in [1.54, 1.807) is 5.59 Å². The van der Waals surface area contributed by atoms with E-state index in [9.17, 15) is 4.79 Å². The van der Waals surface area contributed by atoms with Gasteiger partial charge in [0, 0.05) is 0 Å². The van der Waals surface area contributed by atoms with Gasteiger partial charge in [0.05, 0.1) is 5.56 Å². The van der Waals surface area contributed by atoms with E-state index >= 15 is 0 Å². The van der Waals surface area contributed by atoms with E-state index in [1.807, 2.05) is 0 Å². The molecule has 1 rings (SSSR count). The number of nitrogens with two attached hydrogens (primary N) is 1. The van der Waals surface area contributed by atoms with Crippen molar-refractivity contribution in [2.45, 2.75) is 0 Å². The number of rotatable bonds is 2. The highest BCUT2D eigenvalue weighted by Crippen LogP contribution is 2.09. The number of phenolic OH excluding ortho intramolecular Hbond substituents is 1. The van der Waals surface area contributed by atoms with Crippen molar-refractivity contribution in [3.05, 3.63) is 29.8 Å². The molecule has 64 valence electrons. The van der Waals surface area contributed by atoms with E-state index in [0.717, 1.165) is 0 Å². The summed E-state index contributed by atoms with van der Waals surface area (Å²) in [6.07, 6.45) is 0. The molecular weight excluding hydrogens is 160 g/mol. The molecule has 0 aliphatic rings. The molecule has 0 heterocycles. The number of phenols is 1. The van der Waals surface area contributed by atoms with Gasteiger partial charge in [-0.15, -0.1) is 0 Å². The van der Waals surface area contributed by atoms with Gasteiger partial charge in [0.1, 0.15) is 5.75 Å². The molecule has 0 amide bonds. The Bertz CT molecular complexity index is 270. The Labute approximate surface area is 68.7 Å². The van der Waals surface area contributed by atoms with E-state index in [2.05, 4.69) is 4.84 Å². The first kappa shape index (κ1) is 8.51. The molecule has 0 fully saturated rings. The Morgan fingerprint density at radius 3 is 2.50 bits per heavy atom. The lowest BCUT2D eigenvalue weighted by Gasteiger charge is -2.00. The third-order valence-electron chi connectivity index (χ3n) is 1.25. The average Bonchev–Trinajstić information content (AvgIpc) is 2.06. The Kier molecular flexibility index (Phi) is 2.62. The summed E-state index contributed by atoms with van der Waals surface area (Å²) in [5.74, 6) is 4.24. The maximum Gasteiger partial charge on any atom is 0.357 e. The third-order valence-corrected chi connectivity index (χ3v) is 1.25. The predicted molar refractivity (Wildman–Crippen MR) is 40.8 cm³/mol. The maximum absolute atomic E-state index is 10.9.